The van der Waals surface area contributed by atoms with Gasteiger partial charge < -0.3 is 45.4 Å². The highest BCUT2D eigenvalue weighted by molar-refractivity contribution is 5.97. The molecule has 2 atom stereocenters. The molecule has 0 aliphatic carbocycles. The standard InChI is InChI=1S/C34H46N8O12/c1-23(2)31(40-30(44)22-52-19-18-51-17-16-50-15-14-38-41-36)29(43)20-25(4-3-13-37-33(35)46)32(45)39-26-7-5-24(6-8-26)21-53-34(47)54-28-11-9-27(10-12-28)42(48)49/h5-12,23,25,31H,3-4,13-22H2,1-2H3,(H,39,45)(H,40,44)(H3,35,37,46). The van der Waals surface area contributed by atoms with Gasteiger partial charge in [0.15, 0.2) is 5.78 Å². The summed E-state index contributed by atoms with van der Waals surface area (Å²) in [5.74, 6) is -2.39. The molecule has 0 heterocycles. The summed E-state index contributed by atoms with van der Waals surface area (Å²) in [4.78, 5) is 75.5. The van der Waals surface area contributed by atoms with Gasteiger partial charge in [-0.1, -0.05) is 31.1 Å². The van der Waals surface area contributed by atoms with Gasteiger partial charge in [-0.3, -0.25) is 24.5 Å². The van der Waals surface area contributed by atoms with Crippen LogP contribution in [0.5, 0.6) is 5.75 Å². The monoisotopic (exact) mass is 758 g/mol. The first-order valence-electron chi connectivity index (χ1n) is 17.0. The van der Waals surface area contributed by atoms with Crippen molar-refractivity contribution >= 4 is 41.2 Å². The maximum absolute atomic E-state index is 13.5. The summed E-state index contributed by atoms with van der Waals surface area (Å²) in [6.45, 7) is 4.66. The zero-order valence-corrected chi connectivity index (χ0v) is 30.1. The molecule has 2 aromatic carbocycles. The fraction of sp³-hybridized carbons (Fsp3) is 0.500. The van der Waals surface area contributed by atoms with Crippen LogP contribution < -0.4 is 26.4 Å². The molecule has 0 saturated heterocycles. The number of nitro benzene ring substituents is 1. The number of ketones is 1. The number of nitrogens with one attached hydrogen (secondary N) is 3. The lowest BCUT2D eigenvalue weighted by Crippen LogP contribution is -2.47. The highest BCUT2D eigenvalue weighted by Gasteiger charge is 2.29. The maximum Gasteiger partial charge on any atom is 0.514 e. The number of non-ortho nitro benzene ring substituents is 1. The average Bonchev–Trinajstić information content (AvgIpc) is 3.13. The van der Waals surface area contributed by atoms with Crippen LogP contribution in [0.3, 0.4) is 0 Å². The van der Waals surface area contributed by atoms with Gasteiger partial charge in [-0.15, -0.1) is 0 Å². The van der Waals surface area contributed by atoms with Crippen LogP contribution in [0.4, 0.5) is 21.0 Å². The molecule has 0 radical (unpaired) electrons. The van der Waals surface area contributed by atoms with Crippen molar-refractivity contribution in [2.75, 3.05) is 58.0 Å². The molecule has 294 valence electrons. The van der Waals surface area contributed by atoms with E-state index in [-0.39, 0.29) is 88.7 Å². The molecule has 0 aliphatic heterocycles. The number of primary amides is 1. The van der Waals surface area contributed by atoms with Crippen LogP contribution in [-0.4, -0.2) is 93.5 Å². The summed E-state index contributed by atoms with van der Waals surface area (Å²) in [5.41, 5.74) is 14.2. The van der Waals surface area contributed by atoms with E-state index in [0.29, 0.717) is 24.3 Å². The number of hydrogen-bond acceptors (Lipinski definition) is 13. The van der Waals surface area contributed by atoms with Crippen LogP contribution in [0.1, 0.15) is 38.7 Å². The van der Waals surface area contributed by atoms with E-state index < -0.39 is 40.9 Å². The summed E-state index contributed by atoms with van der Waals surface area (Å²) in [5, 5.41) is 22.1. The van der Waals surface area contributed by atoms with Crippen LogP contribution in [0.2, 0.25) is 0 Å². The van der Waals surface area contributed by atoms with Gasteiger partial charge >= 0.3 is 12.2 Å². The van der Waals surface area contributed by atoms with Crippen molar-refractivity contribution in [3.05, 3.63) is 74.7 Å². The number of carbonyl (C=O) groups is 5. The third kappa shape index (κ3) is 18.6. The molecule has 0 aromatic heterocycles. The van der Waals surface area contributed by atoms with Crippen LogP contribution >= 0.6 is 0 Å². The Kier molecular flexibility index (Phi) is 20.7. The van der Waals surface area contributed by atoms with E-state index in [1.165, 1.54) is 24.3 Å². The van der Waals surface area contributed by atoms with Crippen LogP contribution in [-0.2, 0) is 39.9 Å². The summed E-state index contributed by atoms with van der Waals surface area (Å²) in [6, 6.07) is 9.65. The topological polar surface area (TPSA) is 286 Å². The summed E-state index contributed by atoms with van der Waals surface area (Å²) in [6.07, 6.45) is -0.653. The molecule has 0 saturated carbocycles. The molecule has 0 spiro atoms. The van der Waals surface area contributed by atoms with Crippen molar-refractivity contribution in [3.8, 4) is 5.75 Å². The third-order valence-corrected chi connectivity index (χ3v) is 7.38. The summed E-state index contributed by atoms with van der Waals surface area (Å²) in [7, 11) is 0. The Hall–Kier alpha value is -5.82. The fourth-order valence-corrected chi connectivity index (χ4v) is 4.68. The van der Waals surface area contributed by atoms with E-state index in [4.69, 9.17) is 34.9 Å². The average molecular weight is 759 g/mol. The van der Waals surface area contributed by atoms with Crippen LogP contribution in [0.15, 0.2) is 53.6 Å². The van der Waals surface area contributed by atoms with Crippen molar-refractivity contribution in [2.24, 2.45) is 22.7 Å². The molecule has 2 rings (SSSR count). The number of ether oxygens (including phenoxy) is 5. The number of amides is 4. The van der Waals surface area contributed by atoms with E-state index in [0.717, 1.165) is 0 Å². The normalized spacial score (nSPS) is 11.8. The molecular weight excluding hydrogens is 712 g/mol. The second kappa shape index (κ2) is 25.2. The van der Waals surface area contributed by atoms with E-state index >= 15 is 0 Å². The van der Waals surface area contributed by atoms with Crippen molar-refractivity contribution in [1.29, 1.82) is 0 Å². The Balaban J connectivity index is 1.89. The zero-order valence-electron chi connectivity index (χ0n) is 30.1. The number of nitro groups is 1. The SMILES string of the molecule is CC(C)C(NC(=O)COCCOCCOCCN=[N+]=[N-])C(=O)CC(CCCNC(N)=O)C(=O)Nc1ccc(COC(=O)Oc2ccc([N+](=O)[O-])cc2)cc1. The summed E-state index contributed by atoms with van der Waals surface area (Å²) < 4.78 is 26.0. The minimum Gasteiger partial charge on any atom is -0.429 e. The van der Waals surface area contributed by atoms with E-state index in [9.17, 15) is 34.1 Å². The lowest BCUT2D eigenvalue weighted by molar-refractivity contribution is -0.384. The third-order valence-electron chi connectivity index (χ3n) is 7.38. The molecule has 20 nitrogen and oxygen atoms in total. The Bertz CT molecular complexity index is 1570. The van der Waals surface area contributed by atoms with Gasteiger partial charge in [0.25, 0.3) is 5.69 Å². The van der Waals surface area contributed by atoms with Crippen molar-refractivity contribution < 1.29 is 52.6 Å². The molecule has 54 heavy (non-hydrogen) atoms. The molecule has 0 aliphatic rings. The smallest absolute Gasteiger partial charge is 0.429 e. The molecule has 0 bridgehead atoms. The first kappa shape index (κ1) is 44.3. The van der Waals surface area contributed by atoms with E-state index in [2.05, 4.69) is 26.0 Å². The highest BCUT2D eigenvalue weighted by atomic mass is 16.7. The molecule has 2 aromatic rings. The Labute approximate surface area is 311 Å². The maximum atomic E-state index is 13.5. The van der Waals surface area contributed by atoms with E-state index in [1.54, 1.807) is 38.1 Å². The highest BCUT2D eigenvalue weighted by Crippen LogP contribution is 2.20. The number of Topliss-reactive ketones (excluding diaryl/α,β-unsaturated/α-hetero) is 1. The predicted molar refractivity (Wildman–Crippen MR) is 192 cm³/mol. The number of nitrogens with zero attached hydrogens (tertiary/aromatic N) is 4. The van der Waals surface area contributed by atoms with Crippen molar-refractivity contribution in [1.82, 2.24) is 10.6 Å². The molecular formula is C34H46N8O12. The van der Waals surface area contributed by atoms with Gasteiger partial charge in [0.2, 0.25) is 11.8 Å². The minimum atomic E-state index is -1.02. The predicted octanol–water partition coefficient (Wildman–Crippen LogP) is 3.77. The Morgan fingerprint density at radius 1 is 0.944 bits per heavy atom. The van der Waals surface area contributed by atoms with Gasteiger partial charge in [0, 0.05) is 48.2 Å². The minimum absolute atomic E-state index is 0.0658. The Morgan fingerprint density at radius 2 is 1.59 bits per heavy atom. The van der Waals surface area contributed by atoms with Gasteiger partial charge in [0.1, 0.15) is 19.0 Å². The van der Waals surface area contributed by atoms with Gasteiger partial charge in [-0.25, -0.2) is 9.59 Å². The van der Waals surface area contributed by atoms with E-state index in [1.807, 2.05) is 0 Å². The molecule has 0 fully saturated rings. The van der Waals surface area contributed by atoms with Gasteiger partial charge in [0.05, 0.1) is 44.0 Å². The quantitative estimate of drug-likeness (QED) is 0.0156. The largest absolute Gasteiger partial charge is 0.514 e. The van der Waals surface area contributed by atoms with Crippen LogP contribution in [0.25, 0.3) is 10.4 Å². The first-order chi connectivity index (χ1) is 25.9. The molecule has 5 N–H and O–H groups in total. The number of anilines is 1. The number of urea groups is 1. The number of azide groups is 1. The molecule has 20 heteroatoms. The number of rotatable bonds is 26. The lowest BCUT2D eigenvalue weighted by atomic mass is 9.89. The number of hydrogen-bond donors (Lipinski definition) is 4. The molecule has 2 unspecified atom stereocenters. The number of carbonyl (C=O) groups excluding carboxylic acids is 5. The first-order valence-corrected chi connectivity index (χ1v) is 17.0. The number of benzene rings is 2. The lowest BCUT2D eigenvalue weighted by Gasteiger charge is -2.24. The van der Waals surface area contributed by atoms with Crippen molar-refractivity contribution in [2.45, 2.75) is 45.8 Å². The fourth-order valence-electron chi connectivity index (χ4n) is 4.68. The summed E-state index contributed by atoms with van der Waals surface area (Å²) >= 11 is 0. The van der Waals surface area contributed by atoms with Crippen LogP contribution in [0, 0.1) is 22.0 Å². The van der Waals surface area contributed by atoms with Gasteiger partial charge in [-0.05, 0) is 54.1 Å². The van der Waals surface area contributed by atoms with Gasteiger partial charge in [-0.2, -0.15) is 0 Å². The molecule has 4 amide bonds. The number of nitrogens with two attached hydrogens (primary N) is 1. The Morgan fingerprint density at radius 3 is 2.20 bits per heavy atom. The second-order valence-corrected chi connectivity index (χ2v) is 11.9. The zero-order chi connectivity index (χ0) is 39.7. The second-order valence-electron chi connectivity index (χ2n) is 11.9. The van der Waals surface area contributed by atoms with Crippen molar-refractivity contribution in [3.63, 3.8) is 0 Å².